The minimum Gasteiger partial charge on any atom is -0.302 e. The number of nitrogens with zero attached hydrogens (tertiary/aromatic N) is 1. The quantitative estimate of drug-likeness (QED) is 0.635. The molecular weight excluding hydrogens is 265 g/mol. The molecule has 1 heterocycles. The van der Waals surface area contributed by atoms with Crippen molar-refractivity contribution in [1.82, 2.24) is 4.67 Å². The smallest absolute Gasteiger partial charge is 0.137 e. The minimum absolute atomic E-state index is 0.0709. The number of carbonyl (C=O) groups is 1. The highest BCUT2D eigenvalue weighted by Gasteiger charge is 2.32. The lowest BCUT2D eigenvalue weighted by Gasteiger charge is -2.31. The number of hydrogen-bond donors (Lipinski definition) is 0. The summed E-state index contributed by atoms with van der Waals surface area (Å²) >= 11 is 0. The second kappa shape index (κ2) is 6.30. The van der Waals surface area contributed by atoms with Crippen molar-refractivity contribution in [2.24, 2.45) is 0 Å². The Balaban J connectivity index is 2.02. The van der Waals surface area contributed by atoms with E-state index < -0.39 is 8.07 Å². The van der Waals surface area contributed by atoms with Gasteiger partial charge >= 0.3 is 0 Å². The molecule has 0 aromatic heterocycles. The highest BCUT2D eigenvalue weighted by molar-refractivity contribution is 7.70. The van der Waals surface area contributed by atoms with Gasteiger partial charge in [-0.05, 0) is 23.5 Å². The standard InChI is InChI=1S/C17H18NOP/c19-14-15-8-7-13-18(15)20(16-9-3-1-4-10-16)17-11-5-2-6-12-17/h1-6,9-12,14-15H,7-8,13H2/t15-/m0/s1. The van der Waals surface area contributed by atoms with Crippen molar-refractivity contribution in [2.75, 3.05) is 6.54 Å². The SMILES string of the molecule is O=C[C@@H]1CCCN1P(c1ccccc1)c1ccccc1. The lowest BCUT2D eigenvalue weighted by atomic mass is 10.2. The van der Waals surface area contributed by atoms with Crippen LogP contribution in [0.3, 0.4) is 0 Å². The summed E-state index contributed by atoms with van der Waals surface area (Å²) < 4.78 is 2.40. The molecule has 0 saturated carbocycles. The third-order valence-corrected chi connectivity index (χ3v) is 6.27. The van der Waals surface area contributed by atoms with E-state index in [1.165, 1.54) is 10.6 Å². The molecule has 0 spiro atoms. The van der Waals surface area contributed by atoms with E-state index in [-0.39, 0.29) is 6.04 Å². The highest BCUT2D eigenvalue weighted by Crippen LogP contribution is 2.43. The fraction of sp³-hybridized carbons (Fsp3) is 0.235. The van der Waals surface area contributed by atoms with Crippen molar-refractivity contribution >= 4 is 25.0 Å². The van der Waals surface area contributed by atoms with Crippen molar-refractivity contribution in [1.29, 1.82) is 0 Å². The molecule has 102 valence electrons. The Morgan fingerprint density at radius 3 is 2.00 bits per heavy atom. The van der Waals surface area contributed by atoms with Crippen LogP contribution in [0.4, 0.5) is 0 Å². The van der Waals surface area contributed by atoms with Crippen LogP contribution in [-0.2, 0) is 4.79 Å². The van der Waals surface area contributed by atoms with Gasteiger partial charge in [0.2, 0.25) is 0 Å². The van der Waals surface area contributed by atoms with Gasteiger partial charge in [-0.3, -0.25) is 4.67 Å². The molecule has 1 aliphatic rings. The van der Waals surface area contributed by atoms with E-state index in [2.05, 4.69) is 53.2 Å². The van der Waals surface area contributed by atoms with Crippen LogP contribution >= 0.6 is 8.07 Å². The van der Waals surface area contributed by atoms with Gasteiger partial charge in [-0.25, -0.2) is 0 Å². The van der Waals surface area contributed by atoms with Gasteiger partial charge in [0.25, 0.3) is 0 Å². The molecule has 0 bridgehead atoms. The van der Waals surface area contributed by atoms with E-state index in [9.17, 15) is 4.79 Å². The third kappa shape index (κ3) is 2.67. The lowest BCUT2D eigenvalue weighted by molar-refractivity contribution is -0.110. The summed E-state index contributed by atoms with van der Waals surface area (Å²) in [5, 5.41) is 2.64. The maximum absolute atomic E-state index is 11.4. The average Bonchev–Trinajstić information content (AvgIpc) is 2.98. The second-order valence-corrected chi connectivity index (χ2v) is 7.16. The third-order valence-electron chi connectivity index (χ3n) is 3.69. The van der Waals surface area contributed by atoms with Crippen molar-refractivity contribution in [3.05, 3.63) is 60.7 Å². The number of benzene rings is 2. The number of carbonyl (C=O) groups excluding carboxylic acids is 1. The Kier molecular flexibility index (Phi) is 4.25. The second-order valence-electron chi connectivity index (χ2n) is 4.99. The normalized spacial score (nSPS) is 19.4. The first-order valence-corrected chi connectivity index (χ1v) is 8.31. The molecule has 3 rings (SSSR count). The van der Waals surface area contributed by atoms with Crippen LogP contribution in [-0.4, -0.2) is 23.5 Å². The maximum atomic E-state index is 11.4. The molecule has 2 nitrogen and oxygen atoms in total. The highest BCUT2D eigenvalue weighted by atomic mass is 31.1. The summed E-state index contributed by atoms with van der Waals surface area (Å²) in [5.41, 5.74) is 0. The van der Waals surface area contributed by atoms with Gasteiger partial charge in [0.15, 0.2) is 0 Å². The Morgan fingerprint density at radius 1 is 0.950 bits per heavy atom. The molecule has 2 aromatic rings. The molecule has 0 N–H and O–H groups in total. The summed E-state index contributed by atoms with van der Waals surface area (Å²) in [7, 11) is -0.595. The van der Waals surface area contributed by atoms with E-state index in [0.717, 1.165) is 25.7 Å². The van der Waals surface area contributed by atoms with Crippen molar-refractivity contribution in [3.8, 4) is 0 Å². The largest absolute Gasteiger partial charge is 0.302 e. The van der Waals surface area contributed by atoms with Crippen LogP contribution in [0.2, 0.25) is 0 Å². The van der Waals surface area contributed by atoms with E-state index in [0.29, 0.717) is 0 Å². The van der Waals surface area contributed by atoms with E-state index in [4.69, 9.17) is 0 Å². The van der Waals surface area contributed by atoms with Crippen LogP contribution in [0.25, 0.3) is 0 Å². The van der Waals surface area contributed by atoms with Gasteiger partial charge in [-0.1, -0.05) is 60.7 Å². The first-order valence-electron chi connectivity index (χ1n) is 7.02. The monoisotopic (exact) mass is 283 g/mol. The summed E-state index contributed by atoms with van der Waals surface area (Å²) in [5.74, 6) is 0. The zero-order valence-electron chi connectivity index (χ0n) is 11.4. The molecule has 0 unspecified atom stereocenters. The van der Waals surface area contributed by atoms with Crippen molar-refractivity contribution in [3.63, 3.8) is 0 Å². The van der Waals surface area contributed by atoms with Gasteiger partial charge in [-0.15, -0.1) is 0 Å². The van der Waals surface area contributed by atoms with Crippen molar-refractivity contribution in [2.45, 2.75) is 18.9 Å². The molecule has 0 radical (unpaired) electrons. The van der Waals surface area contributed by atoms with Crippen LogP contribution in [0.1, 0.15) is 12.8 Å². The molecule has 0 aliphatic carbocycles. The number of aldehydes is 1. The van der Waals surface area contributed by atoms with Gasteiger partial charge in [0.05, 0.1) is 6.04 Å². The molecule has 1 aliphatic heterocycles. The van der Waals surface area contributed by atoms with Crippen molar-refractivity contribution < 1.29 is 4.79 Å². The number of hydrogen-bond acceptors (Lipinski definition) is 2. The molecule has 0 amide bonds. The molecule has 1 fully saturated rings. The van der Waals surface area contributed by atoms with Gasteiger partial charge in [0, 0.05) is 14.6 Å². The Labute approximate surface area is 121 Å². The summed E-state index contributed by atoms with van der Waals surface area (Å²) in [6.45, 7) is 1.01. The fourth-order valence-corrected chi connectivity index (χ4v) is 5.36. The summed E-state index contributed by atoms with van der Waals surface area (Å²) in [6, 6.07) is 21.2. The van der Waals surface area contributed by atoms with E-state index in [1.807, 2.05) is 12.1 Å². The predicted molar refractivity (Wildman–Crippen MR) is 84.9 cm³/mol. The van der Waals surface area contributed by atoms with Crippen LogP contribution in [0, 0.1) is 0 Å². The first-order chi connectivity index (χ1) is 9.90. The van der Waals surface area contributed by atoms with E-state index >= 15 is 0 Å². The Morgan fingerprint density at radius 2 is 1.50 bits per heavy atom. The van der Waals surface area contributed by atoms with Crippen LogP contribution in [0.15, 0.2) is 60.7 Å². The molecular formula is C17H18NOP. The fourth-order valence-electron chi connectivity index (χ4n) is 2.75. The molecule has 2 aromatic carbocycles. The van der Waals surface area contributed by atoms with Gasteiger partial charge < -0.3 is 4.79 Å². The Bertz CT molecular complexity index is 518. The number of rotatable bonds is 4. The van der Waals surface area contributed by atoms with Gasteiger partial charge in [0.1, 0.15) is 6.29 Å². The lowest BCUT2D eigenvalue weighted by Crippen LogP contribution is -2.33. The van der Waals surface area contributed by atoms with Crippen LogP contribution in [0.5, 0.6) is 0 Å². The average molecular weight is 283 g/mol. The van der Waals surface area contributed by atoms with Gasteiger partial charge in [-0.2, -0.15) is 0 Å². The van der Waals surface area contributed by atoms with Crippen LogP contribution < -0.4 is 10.6 Å². The zero-order chi connectivity index (χ0) is 13.8. The molecule has 1 atom stereocenters. The summed E-state index contributed by atoms with van der Waals surface area (Å²) in [6.07, 6.45) is 3.22. The molecule has 3 heteroatoms. The van der Waals surface area contributed by atoms with E-state index in [1.54, 1.807) is 0 Å². The first kappa shape index (κ1) is 13.5. The molecule has 1 saturated heterocycles. The Hall–Kier alpha value is -1.50. The zero-order valence-corrected chi connectivity index (χ0v) is 12.2. The molecule has 20 heavy (non-hydrogen) atoms. The minimum atomic E-state index is -0.595. The topological polar surface area (TPSA) is 20.3 Å². The summed E-state index contributed by atoms with van der Waals surface area (Å²) in [4.78, 5) is 11.4. The predicted octanol–water partition coefficient (Wildman–Crippen LogP) is 2.70. The maximum Gasteiger partial charge on any atom is 0.137 e.